The Kier molecular flexibility index (Phi) is 11.8. The first kappa shape index (κ1) is 20.8. The van der Waals surface area contributed by atoms with Crippen molar-refractivity contribution in [3.05, 3.63) is 22.8 Å². The fourth-order valence-electron chi connectivity index (χ4n) is 1.57. The lowest BCUT2D eigenvalue weighted by Gasteiger charge is -2.12. The van der Waals surface area contributed by atoms with Crippen LogP contribution in [0.4, 0.5) is 0 Å². The summed E-state index contributed by atoms with van der Waals surface area (Å²) in [5.74, 6) is -0.121. The molecular formula is C15H29N3O2. The number of carboxylic acids is 1. The van der Waals surface area contributed by atoms with E-state index in [1.807, 2.05) is 60.5 Å². The predicted octanol–water partition coefficient (Wildman–Crippen LogP) is 2.83. The zero-order chi connectivity index (χ0) is 16.3. The van der Waals surface area contributed by atoms with Gasteiger partial charge in [0.2, 0.25) is 0 Å². The van der Waals surface area contributed by atoms with E-state index in [1.54, 1.807) is 0 Å². The van der Waals surface area contributed by atoms with Crippen LogP contribution in [0, 0.1) is 13.8 Å². The monoisotopic (exact) mass is 283 g/mol. The van der Waals surface area contributed by atoms with Gasteiger partial charge >= 0.3 is 5.97 Å². The molecule has 0 amide bonds. The predicted molar refractivity (Wildman–Crippen MR) is 82.9 cm³/mol. The highest BCUT2D eigenvalue weighted by molar-refractivity contribution is 5.70. The van der Waals surface area contributed by atoms with Crippen molar-refractivity contribution in [2.24, 2.45) is 0 Å². The summed E-state index contributed by atoms with van der Waals surface area (Å²) in [6, 6.07) is 0. The molecule has 0 aliphatic rings. The Morgan fingerprint density at radius 3 is 1.75 bits per heavy atom. The van der Waals surface area contributed by atoms with Gasteiger partial charge in [-0.25, -0.2) is 9.97 Å². The minimum atomic E-state index is -0.852. The molecule has 20 heavy (non-hydrogen) atoms. The van der Waals surface area contributed by atoms with Gasteiger partial charge in [-0.2, -0.15) is 0 Å². The molecule has 0 spiro atoms. The number of aromatic nitrogens is 2. The molecule has 0 bridgehead atoms. The highest BCUT2D eigenvalue weighted by atomic mass is 16.4. The van der Waals surface area contributed by atoms with Crippen LogP contribution in [-0.4, -0.2) is 40.0 Å². The minimum Gasteiger partial charge on any atom is -0.481 e. The number of hydrogen-bond donors (Lipinski definition) is 1. The largest absolute Gasteiger partial charge is 0.481 e. The van der Waals surface area contributed by atoms with Gasteiger partial charge in [0.1, 0.15) is 5.82 Å². The molecule has 0 unspecified atom stereocenters. The molecule has 1 N–H and O–H groups in total. The van der Waals surface area contributed by atoms with Crippen LogP contribution >= 0.6 is 0 Å². The minimum absolute atomic E-state index is 0.0140. The van der Waals surface area contributed by atoms with Crippen molar-refractivity contribution in [2.45, 2.75) is 54.5 Å². The van der Waals surface area contributed by atoms with Gasteiger partial charge in [-0.1, -0.05) is 27.7 Å². The van der Waals surface area contributed by atoms with Crippen LogP contribution in [0.1, 0.15) is 50.5 Å². The van der Waals surface area contributed by atoms with Gasteiger partial charge in [-0.05, 0) is 27.9 Å². The van der Waals surface area contributed by atoms with E-state index in [1.165, 1.54) is 0 Å². The summed E-state index contributed by atoms with van der Waals surface area (Å²) >= 11 is 0. The molecule has 5 nitrogen and oxygen atoms in total. The van der Waals surface area contributed by atoms with Crippen molar-refractivity contribution in [3.63, 3.8) is 0 Å². The van der Waals surface area contributed by atoms with Crippen LogP contribution in [-0.2, 0) is 17.8 Å². The fraction of sp³-hybridized carbons (Fsp3) is 0.667. The standard InChI is InChI=1S/C11H17N3O2.2C2H6/c1-7-9(5-11(15)16)8(2)13-10(12-7)6-14(3)4;2*1-2/h5-6H2,1-4H3,(H,15,16);2*1-2H3. The molecule has 1 aromatic rings. The molecule has 1 rings (SSSR count). The van der Waals surface area contributed by atoms with Gasteiger partial charge < -0.3 is 10.0 Å². The summed E-state index contributed by atoms with van der Waals surface area (Å²) < 4.78 is 0. The summed E-state index contributed by atoms with van der Waals surface area (Å²) in [5, 5.41) is 8.77. The highest BCUT2D eigenvalue weighted by Crippen LogP contribution is 2.11. The first-order valence-electron chi connectivity index (χ1n) is 7.09. The molecule has 1 aromatic heterocycles. The molecule has 0 aliphatic heterocycles. The van der Waals surface area contributed by atoms with Crippen LogP contribution in [0.5, 0.6) is 0 Å². The Labute approximate surface area is 123 Å². The van der Waals surface area contributed by atoms with Crippen LogP contribution in [0.25, 0.3) is 0 Å². The summed E-state index contributed by atoms with van der Waals surface area (Å²) in [7, 11) is 3.89. The third-order valence-corrected chi connectivity index (χ3v) is 2.25. The van der Waals surface area contributed by atoms with Crippen LogP contribution in [0.15, 0.2) is 0 Å². The van der Waals surface area contributed by atoms with E-state index in [0.717, 1.165) is 22.8 Å². The number of aryl methyl sites for hydroxylation is 2. The maximum Gasteiger partial charge on any atom is 0.307 e. The first-order chi connectivity index (χ1) is 9.40. The number of rotatable bonds is 4. The van der Waals surface area contributed by atoms with Gasteiger partial charge in [0.05, 0.1) is 13.0 Å². The summed E-state index contributed by atoms with van der Waals surface area (Å²) in [6.07, 6.45) is -0.0140. The second-order valence-corrected chi connectivity index (χ2v) is 4.10. The SMILES string of the molecule is CC.CC.Cc1nc(CN(C)C)nc(C)c1CC(=O)O. The Bertz CT molecular complexity index is 381. The van der Waals surface area contributed by atoms with Crippen molar-refractivity contribution in [1.82, 2.24) is 14.9 Å². The quantitative estimate of drug-likeness (QED) is 0.920. The lowest BCUT2D eigenvalue weighted by molar-refractivity contribution is -0.136. The van der Waals surface area contributed by atoms with Gasteiger partial charge in [-0.3, -0.25) is 4.79 Å². The molecule has 116 valence electrons. The highest BCUT2D eigenvalue weighted by Gasteiger charge is 2.11. The third-order valence-electron chi connectivity index (χ3n) is 2.25. The average molecular weight is 283 g/mol. The van der Waals surface area contributed by atoms with E-state index in [9.17, 15) is 4.79 Å². The van der Waals surface area contributed by atoms with Gasteiger partial charge in [0.25, 0.3) is 0 Å². The Balaban J connectivity index is 0. The number of hydrogen-bond acceptors (Lipinski definition) is 4. The third kappa shape index (κ3) is 7.84. The van der Waals surface area contributed by atoms with Gasteiger partial charge in [-0.15, -0.1) is 0 Å². The number of carboxylic acid groups (broad SMARTS) is 1. The normalized spacial score (nSPS) is 9.25. The maximum atomic E-state index is 10.7. The number of nitrogens with zero attached hydrogens (tertiary/aromatic N) is 3. The molecule has 0 radical (unpaired) electrons. The van der Waals surface area contributed by atoms with Crippen LogP contribution in [0.2, 0.25) is 0 Å². The molecule has 0 atom stereocenters. The topological polar surface area (TPSA) is 66.3 Å². The van der Waals surface area contributed by atoms with E-state index in [-0.39, 0.29) is 6.42 Å². The lowest BCUT2D eigenvalue weighted by Crippen LogP contribution is -2.16. The average Bonchev–Trinajstić information content (AvgIpc) is 2.38. The molecule has 0 fully saturated rings. The zero-order valence-electron chi connectivity index (χ0n) is 14.1. The Morgan fingerprint density at radius 2 is 1.45 bits per heavy atom. The molecule has 0 aliphatic carbocycles. The van der Waals surface area contributed by atoms with Crippen LogP contribution < -0.4 is 0 Å². The van der Waals surface area contributed by atoms with E-state index >= 15 is 0 Å². The van der Waals surface area contributed by atoms with Crippen molar-refractivity contribution in [2.75, 3.05) is 14.1 Å². The molecule has 0 saturated heterocycles. The Hall–Kier alpha value is -1.49. The summed E-state index contributed by atoms with van der Waals surface area (Å²) in [5.41, 5.74) is 2.23. The second kappa shape index (κ2) is 11.3. The summed E-state index contributed by atoms with van der Waals surface area (Å²) in [4.78, 5) is 21.3. The van der Waals surface area contributed by atoms with Gasteiger partial charge in [0, 0.05) is 17.0 Å². The van der Waals surface area contributed by atoms with Gasteiger partial charge in [0.15, 0.2) is 0 Å². The van der Waals surface area contributed by atoms with E-state index in [4.69, 9.17) is 5.11 Å². The van der Waals surface area contributed by atoms with Crippen molar-refractivity contribution in [3.8, 4) is 0 Å². The molecular weight excluding hydrogens is 254 g/mol. The Morgan fingerprint density at radius 1 is 1.05 bits per heavy atom. The van der Waals surface area contributed by atoms with Crippen molar-refractivity contribution >= 4 is 5.97 Å². The molecule has 1 heterocycles. The summed E-state index contributed by atoms with van der Waals surface area (Å²) in [6.45, 7) is 12.3. The van der Waals surface area contributed by atoms with E-state index < -0.39 is 5.97 Å². The van der Waals surface area contributed by atoms with E-state index in [0.29, 0.717) is 6.54 Å². The smallest absolute Gasteiger partial charge is 0.307 e. The zero-order valence-corrected chi connectivity index (χ0v) is 14.1. The fourth-order valence-corrected chi connectivity index (χ4v) is 1.57. The number of carbonyl (C=O) groups is 1. The lowest BCUT2D eigenvalue weighted by atomic mass is 10.1. The van der Waals surface area contributed by atoms with Crippen molar-refractivity contribution in [1.29, 1.82) is 0 Å². The maximum absolute atomic E-state index is 10.7. The first-order valence-corrected chi connectivity index (χ1v) is 7.09. The van der Waals surface area contributed by atoms with Crippen molar-refractivity contribution < 1.29 is 9.90 Å². The molecule has 0 aromatic carbocycles. The molecule has 5 heteroatoms. The number of aliphatic carboxylic acids is 1. The van der Waals surface area contributed by atoms with E-state index in [2.05, 4.69) is 9.97 Å². The second-order valence-electron chi connectivity index (χ2n) is 4.10. The molecule has 0 saturated carbocycles. The van der Waals surface area contributed by atoms with Crippen LogP contribution in [0.3, 0.4) is 0 Å².